The van der Waals surface area contributed by atoms with Crippen LogP contribution in [0.2, 0.25) is 0 Å². The van der Waals surface area contributed by atoms with E-state index in [0.29, 0.717) is 0 Å². The molecule has 4 atom stereocenters. The molecule has 1 aliphatic carbocycles. The number of esters is 2. The molecule has 8 heteroatoms. The van der Waals surface area contributed by atoms with Crippen LogP contribution in [-0.2, 0) is 33.3 Å². The fourth-order valence-corrected chi connectivity index (χ4v) is 3.00. The number of hydrogen-bond acceptors (Lipinski definition) is 7. The number of carbonyl (C=O) groups excluding carboxylic acids is 3. The molecule has 0 unspecified atom stereocenters. The van der Waals surface area contributed by atoms with Gasteiger partial charge in [0.2, 0.25) is 5.91 Å². The number of fused-ring (bicyclic) bond motifs is 1. The number of hydrogen-bond donors (Lipinski definition) is 1. The predicted molar refractivity (Wildman–Crippen MR) is 81.7 cm³/mol. The molecule has 0 saturated carbocycles. The molecule has 1 aliphatic heterocycles. The molecule has 2 rings (SSSR count). The molecule has 1 N–H and O–H groups in total. The van der Waals surface area contributed by atoms with Crippen LogP contribution in [0.5, 0.6) is 0 Å². The first kappa shape index (κ1) is 18.4. The van der Waals surface area contributed by atoms with E-state index in [9.17, 15) is 14.4 Å². The Labute approximate surface area is 140 Å². The summed E-state index contributed by atoms with van der Waals surface area (Å²) in [6.45, 7) is 7.71. The van der Waals surface area contributed by atoms with Gasteiger partial charge in [-0.2, -0.15) is 0 Å². The van der Waals surface area contributed by atoms with Gasteiger partial charge in [0.1, 0.15) is 12.2 Å². The first-order valence-electron chi connectivity index (χ1n) is 7.80. The average Bonchev–Trinajstić information content (AvgIpc) is 2.77. The molecular formula is C16H23NO7. The zero-order valence-corrected chi connectivity index (χ0v) is 14.5. The molecule has 0 bridgehead atoms. The summed E-state index contributed by atoms with van der Waals surface area (Å²) in [5.41, 5.74) is -1.75. The molecule has 0 radical (unpaired) electrons. The lowest BCUT2D eigenvalue weighted by Gasteiger charge is -2.39. The molecule has 1 fully saturated rings. The van der Waals surface area contributed by atoms with E-state index in [1.165, 1.54) is 19.9 Å². The lowest BCUT2D eigenvalue weighted by molar-refractivity contribution is -0.199. The normalized spacial score (nSPS) is 33.5. The molecule has 1 saturated heterocycles. The highest BCUT2D eigenvalue weighted by Crippen LogP contribution is 2.41. The summed E-state index contributed by atoms with van der Waals surface area (Å²) < 4.78 is 22.1. The van der Waals surface area contributed by atoms with Gasteiger partial charge in [-0.25, -0.2) is 4.79 Å². The zero-order valence-electron chi connectivity index (χ0n) is 14.5. The van der Waals surface area contributed by atoms with E-state index in [1.54, 1.807) is 26.8 Å². The first-order chi connectivity index (χ1) is 11.1. The minimum absolute atomic E-state index is 0.118. The lowest BCUT2D eigenvalue weighted by Crippen LogP contribution is -2.62. The average molecular weight is 341 g/mol. The van der Waals surface area contributed by atoms with Crippen molar-refractivity contribution in [2.75, 3.05) is 6.61 Å². The van der Waals surface area contributed by atoms with Gasteiger partial charge in [-0.3, -0.25) is 9.59 Å². The second-order valence-electron chi connectivity index (χ2n) is 6.21. The van der Waals surface area contributed by atoms with Crippen LogP contribution in [0.25, 0.3) is 0 Å². The molecule has 1 heterocycles. The summed E-state index contributed by atoms with van der Waals surface area (Å²) in [6, 6.07) is -0.521. The van der Waals surface area contributed by atoms with Crippen LogP contribution in [0.15, 0.2) is 12.2 Å². The minimum atomic E-state index is -1.75. The smallest absolute Gasteiger partial charge is 0.357 e. The highest BCUT2D eigenvalue weighted by atomic mass is 16.8. The van der Waals surface area contributed by atoms with Crippen molar-refractivity contribution in [2.45, 2.75) is 64.3 Å². The molecular weight excluding hydrogens is 318 g/mol. The van der Waals surface area contributed by atoms with E-state index in [0.717, 1.165) is 0 Å². The Kier molecular flexibility index (Phi) is 5.00. The molecule has 1 amide bonds. The Morgan fingerprint density at radius 1 is 1.21 bits per heavy atom. The molecule has 0 spiro atoms. The van der Waals surface area contributed by atoms with Gasteiger partial charge < -0.3 is 24.3 Å². The van der Waals surface area contributed by atoms with Crippen molar-refractivity contribution in [2.24, 2.45) is 0 Å². The Balaban J connectivity index is 2.47. The maximum absolute atomic E-state index is 12.6. The van der Waals surface area contributed by atoms with Crippen LogP contribution in [0.1, 0.15) is 34.6 Å². The van der Waals surface area contributed by atoms with Crippen LogP contribution >= 0.6 is 0 Å². The molecule has 0 aromatic carbocycles. The van der Waals surface area contributed by atoms with E-state index in [1.807, 2.05) is 0 Å². The van der Waals surface area contributed by atoms with Gasteiger partial charge in [0, 0.05) is 13.8 Å². The summed E-state index contributed by atoms with van der Waals surface area (Å²) in [7, 11) is 0. The van der Waals surface area contributed by atoms with Gasteiger partial charge in [0.05, 0.1) is 12.6 Å². The first-order valence-corrected chi connectivity index (χ1v) is 7.80. The minimum Gasteiger partial charge on any atom is -0.463 e. The third kappa shape index (κ3) is 3.44. The van der Waals surface area contributed by atoms with E-state index in [4.69, 9.17) is 18.9 Å². The molecule has 2 aliphatic rings. The molecule has 0 aromatic rings. The second kappa shape index (κ2) is 6.52. The van der Waals surface area contributed by atoms with Gasteiger partial charge in [-0.1, -0.05) is 6.08 Å². The van der Waals surface area contributed by atoms with Crippen molar-refractivity contribution in [3.05, 3.63) is 12.2 Å². The lowest BCUT2D eigenvalue weighted by atomic mass is 9.83. The van der Waals surface area contributed by atoms with Gasteiger partial charge in [-0.05, 0) is 26.8 Å². The van der Waals surface area contributed by atoms with Crippen molar-refractivity contribution >= 4 is 17.8 Å². The van der Waals surface area contributed by atoms with E-state index >= 15 is 0 Å². The molecule has 24 heavy (non-hydrogen) atoms. The summed E-state index contributed by atoms with van der Waals surface area (Å²) >= 11 is 0. The second-order valence-corrected chi connectivity index (χ2v) is 6.21. The zero-order chi connectivity index (χ0) is 18.1. The number of amides is 1. The third-order valence-electron chi connectivity index (χ3n) is 3.73. The standard InChI is InChI=1S/C16H23NO7/c1-6-21-14(20)16(22-10(3)19)8-7-11(17-9(2)18)12-13(16)24-15(4,5)23-12/h7-8,11-13H,6H2,1-5H3,(H,17,18)/t11-,12+,13+,16+/m1/s1. The summed E-state index contributed by atoms with van der Waals surface area (Å²) in [4.78, 5) is 35.6. The van der Waals surface area contributed by atoms with E-state index < -0.39 is 41.6 Å². The SMILES string of the molecule is CCOC(=O)[C@]1(OC(C)=O)C=C[C@@H](NC(C)=O)[C@@H]2OC(C)(C)O[C@@H]21. The maximum atomic E-state index is 12.6. The molecule has 0 aromatic heterocycles. The van der Waals surface area contributed by atoms with Crippen LogP contribution in [0.4, 0.5) is 0 Å². The third-order valence-corrected chi connectivity index (χ3v) is 3.73. The van der Waals surface area contributed by atoms with Crippen molar-refractivity contribution in [3.63, 3.8) is 0 Å². The van der Waals surface area contributed by atoms with Crippen molar-refractivity contribution in [1.82, 2.24) is 5.32 Å². The van der Waals surface area contributed by atoms with Crippen molar-refractivity contribution < 1.29 is 33.3 Å². The Bertz CT molecular complexity index is 571. The number of ether oxygens (including phenoxy) is 4. The number of carbonyl (C=O) groups is 3. The van der Waals surface area contributed by atoms with Crippen LogP contribution in [0, 0.1) is 0 Å². The fraction of sp³-hybridized carbons (Fsp3) is 0.688. The summed E-state index contributed by atoms with van der Waals surface area (Å²) in [5, 5.41) is 2.73. The van der Waals surface area contributed by atoms with Crippen LogP contribution < -0.4 is 5.32 Å². The largest absolute Gasteiger partial charge is 0.463 e. The van der Waals surface area contributed by atoms with Crippen LogP contribution in [0.3, 0.4) is 0 Å². The molecule has 8 nitrogen and oxygen atoms in total. The monoisotopic (exact) mass is 341 g/mol. The Morgan fingerprint density at radius 2 is 1.88 bits per heavy atom. The Morgan fingerprint density at radius 3 is 2.42 bits per heavy atom. The van der Waals surface area contributed by atoms with Gasteiger partial charge in [0.15, 0.2) is 5.79 Å². The highest BCUT2D eigenvalue weighted by Gasteiger charge is 2.62. The van der Waals surface area contributed by atoms with Crippen LogP contribution in [-0.4, -0.2) is 54.1 Å². The topological polar surface area (TPSA) is 100 Å². The Hall–Kier alpha value is -1.93. The van der Waals surface area contributed by atoms with Gasteiger partial charge >= 0.3 is 11.9 Å². The summed E-state index contributed by atoms with van der Waals surface area (Å²) in [5.74, 6) is -2.67. The van der Waals surface area contributed by atoms with Gasteiger partial charge in [-0.15, -0.1) is 0 Å². The van der Waals surface area contributed by atoms with E-state index in [2.05, 4.69) is 5.32 Å². The maximum Gasteiger partial charge on any atom is 0.357 e. The number of rotatable bonds is 4. The van der Waals surface area contributed by atoms with Crippen molar-refractivity contribution in [3.8, 4) is 0 Å². The molecule has 134 valence electrons. The fourth-order valence-electron chi connectivity index (χ4n) is 3.00. The summed E-state index contributed by atoms with van der Waals surface area (Å²) in [6.07, 6.45) is 1.31. The van der Waals surface area contributed by atoms with Gasteiger partial charge in [0.25, 0.3) is 5.60 Å². The quantitative estimate of drug-likeness (QED) is 0.585. The van der Waals surface area contributed by atoms with Crippen molar-refractivity contribution in [1.29, 1.82) is 0 Å². The van der Waals surface area contributed by atoms with E-state index in [-0.39, 0.29) is 12.5 Å². The highest BCUT2D eigenvalue weighted by molar-refractivity contribution is 5.87. The number of nitrogens with one attached hydrogen (secondary N) is 1. The predicted octanol–water partition coefficient (Wildman–Crippen LogP) is 0.446.